The van der Waals surface area contributed by atoms with Gasteiger partial charge in [0.15, 0.2) is 0 Å². The highest BCUT2D eigenvalue weighted by atomic mass is 19.1. The third kappa shape index (κ3) is 3.80. The summed E-state index contributed by atoms with van der Waals surface area (Å²) in [7, 11) is 0. The van der Waals surface area contributed by atoms with Crippen molar-refractivity contribution < 1.29 is 4.39 Å². The Morgan fingerprint density at radius 1 is 1.25 bits per heavy atom. The Balaban J connectivity index is 2.06. The first kappa shape index (κ1) is 15.5. The molecule has 0 radical (unpaired) electrons. The summed E-state index contributed by atoms with van der Waals surface area (Å²) in [5.74, 6) is 0.552. The van der Waals surface area contributed by atoms with Crippen LogP contribution in [-0.2, 0) is 0 Å². The molecule has 0 amide bonds. The summed E-state index contributed by atoms with van der Waals surface area (Å²) in [6.45, 7) is 11.1. The van der Waals surface area contributed by atoms with Crippen LogP contribution < -0.4 is 5.32 Å². The van der Waals surface area contributed by atoms with Crippen molar-refractivity contribution >= 4 is 0 Å². The van der Waals surface area contributed by atoms with Gasteiger partial charge >= 0.3 is 0 Å². The molecule has 3 atom stereocenters. The summed E-state index contributed by atoms with van der Waals surface area (Å²) < 4.78 is 13.1. The second-order valence-corrected chi connectivity index (χ2v) is 6.51. The predicted molar refractivity (Wildman–Crippen MR) is 82.2 cm³/mol. The van der Waals surface area contributed by atoms with Crippen LogP contribution in [0.5, 0.6) is 0 Å². The minimum Gasteiger partial charge on any atom is -0.311 e. The molecule has 1 aliphatic rings. The summed E-state index contributed by atoms with van der Waals surface area (Å²) in [4.78, 5) is 2.54. The van der Waals surface area contributed by atoms with Crippen LogP contribution in [0.15, 0.2) is 24.3 Å². The maximum Gasteiger partial charge on any atom is 0.123 e. The molecule has 2 nitrogen and oxygen atoms in total. The molecular weight excluding hydrogens is 251 g/mol. The maximum atomic E-state index is 13.1. The first-order valence-electron chi connectivity index (χ1n) is 7.72. The van der Waals surface area contributed by atoms with Crippen LogP contribution in [0.4, 0.5) is 4.39 Å². The lowest BCUT2D eigenvalue weighted by atomic mass is 9.97. The zero-order valence-electron chi connectivity index (χ0n) is 13.1. The normalized spacial score (nSPS) is 25.9. The van der Waals surface area contributed by atoms with Gasteiger partial charge in [0.1, 0.15) is 5.82 Å². The summed E-state index contributed by atoms with van der Waals surface area (Å²) in [5, 5.41) is 3.64. The molecule has 1 saturated heterocycles. The van der Waals surface area contributed by atoms with Gasteiger partial charge < -0.3 is 5.32 Å². The van der Waals surface area contributed by atoms with Crippen LogP contribution in [0.3, 0.4) is 0 Å². The molecule has 112 valence electrons. The van der Waals surface area contributed by atoms with Crippen LogP contribution in [-0.4, -0.2) is 30.1 Å². The van der Waals surface area contributed by atoms with Crippen LogP contribution in [0.1, 0.15) is 45.7 Å². The fourth-order valence-electron chi connectivity index (χ4n) is 3.15. The van der Waals surface area contributed by atoms with Gasteiger partial charge in [-0.3, -0.25) is 4.90 Å². The Hall–Kier alpha value is -0.930. The Kier molecular flexibility index (Phi) is 5.17. The third-order valence-electron chi connectivity index (χ3n) is 4.31. The van der Waals surface area contributed by atoms with Crippen LogP contribution in [0, 0.1) is 11.7 Å². The van der Waals surface area contributed by atoms with Gasteiger partial charge in [0.25, 0.3) is 0 Å². The van der Waals surface area contributed by atoms with Crippen molar-refractivity contribution in [2.45, 2.75) is 52.2 Å². The summed E-state index contributed by atoms with van der Waals surface area (Å²) in [5.41, 5.74) is 1.20. The van der Waals surface area contributed by atoms with E-state index in [1.165, 1.54) is 12.0 Å². The number of rotatable bonds is 4. The van der Waals surface area contributed by atoms with E-state index in [0.29, 0.717) is 24.0 Å². The van der Waals surface area contributed by atoms with Crippen LogP contribution in [0.2, 0.25) is 0 Å². The average Bonchev–Trinajstić information content (AvgIpc) is 2.40. The highest BCUT2D eigenvalue weighted by Crippen LogP contribution is 2.25. The highest BCUT2D eigenvalue weighted by molar-refractivity contribution is 5.20. The monoisotopic (exact) mass is 278 g/mol. The number of hydrogen-bond donors (Lipinski definition) is 1. The van der Waals surface area contributed by atoms with Gasteiger partial charge in [-0.15, -0.1) is 0 Å². The number of nitrogens with zero attached hydrogens (tertiary/aromatic N) is 1. The van der Waals surface area contributed by atoms with E-state index in [0.717, 1.165) is 13.1 Å². The molecule has 3 unspecified atom stereocenters. The van der Waals surface area contributed by atoms with E-state index in [1.54, 1.807) is 12.1 Å². The molecule has 20 heavy (non-hydrogen) atoms. The van der Waals surface area contributed by atoms with Crippen molar-refractivity contribution in [2.75, 3.05) is 13.1 Å². The van der Waals surface area contributed by atoms with Gasteiger partial charge in [-0.2, -0.15) is 0 Å². The molecule has 1 aliphatic heterocycles. The van der Waals surface area contributed by atoms with E-state index in [2.05, 4.69) is 37.9 Å². The second-order valence-electron chi connectivity index (χ2n) is 6.51. The van der Waals surface area contributed by atoms with Crippen LogP contribution in [0.25, 0.3) is 0 Å². The van der Waals surface area contributed by atoms with Crippen molar-refractivity contribution in [2.24, 2.45) is 5.92 Å². The van der Waals surface area contributed by atoms with E-state index in [9.17, 15) is 4.39 Å². The number of piperazine rings is 1. The Morgan fingerprint density at radius 3 is 2.50 bits per heavy atom. The lowest BCUT2D eigenvalue weighted by Crippen LogP contribution is -2.56. The highest BCUT2D eigenvalue weighted by Gasteiger charge is 2.29. The fraction of sp³-hybridized carbons (Fsp3) is 0.647. The van der Waals surface area contributed by atoms with Crippen molar-refractivity contribution in [1.29, 1.82) is 0 Å². The van der Waals surface area contributed by atoms with Crippen molar-refractivity contribution in [3.8, 4) is 0 Å². The average molecular weight is 278 g/mol. The lowest BCUT2D eigenvalue weighted by Gasteiger charge is -2.43. The van der Waals surface area contributed by atoms with Crippen molar-refractivity contribution in [3.05, 3.63) is 35.6 Å². The third-order valence-corrected chi connectivity index (χ3v) is 4.31. The molecule has 3 heteroatoms. The van der Waals surface area contributed by atoms with E-state index in [4.69, 9.17) is 0 Å². The van der Waals surface area contributed by atoms with Crippen molar-refractivity contribution in [1.82, 2.24) is 10.2 Å². The minimum atomic E-state index is -0.160. The molecule has 1 aromatic carbocycles. The Morgan fingerprint density at radius 2 is 1.90 bits per heavy atom. The number of halogens is 1. The molecule has 0 aromatic heterocycles. The van der Waals surface area contributed by atoms with E-state index < -0.39 is 0 Å². The van der Waals surface area contributed by atoms with Gasteiger partial charge in [-0.05, 0) is 43.9 Å². The fourth-order valence-corrected chi connectivity index (χ4v) is 3.15. The number of nitrogens with one attached hydrogen (secondary N) is 1. The summed E-state index contributed by atoms with van der Waals surface area (Å²) in [6, 6.07) is 8.35. The summed E-state index contributed by atoms with van der Waals surface area (Å²) in [6.07, 6.45) is 1.21. The molecule has 0 saturated carbocycles. The topological polar surface area (TPSA) is 15.3 Å². The SMILES string of the molecule is CC(C)CC1CN(C(C)c2ccc(F)cc2)C(C)CN1. The van der Waals surface area contributed by atoms with Gasteiger partial charge in [-0.25, -0.2) is 4.39 Å². The number of benzene rings is 1. The van der Waals surface area contributed by atoms with Gasteiger partial charge in [0, 0.05) is 31.2 Å². The smallest absolute Gasteiger partial charge is 0.123 e. The first-order valence-corrected chi connectivity index (χ1v) is 7.72. The Bertz CT molecular complexity index is 416. The van der Waals surface area contributed by atoms with Gasteiger partial charge in [0.05, 0.1) is 0 Å². The predicted octanol–water partition coefficient (Wildman–Crippen LogP) is 3.60. The molecule has 0 bridgehead atoms. The molecule has 2 rings (SSSR count). The molecule has 0 aliphatic carbocycles. The molecule has 1 heterocycles. The first-order chi connectivity index (χ1) is 9.47. The molecule has 0 spiro atoms. The van der Waals surface area contributed by atoms with Crippen LogP contribution >= 0.6 is 0 Å². The van der Waals surface area contributed by atoms with E-state index in [-0.39, 0.29) is 5.82 Å². The number of hydrogen-bond acceptors (Lipinski definition) is 2. The zero-order chi connectivity index (χ0) is 14.7. The largest absolute Gasteiger partial charge is 0.311 e. The maximum absolute atomic E-state index is 13.1. The second kappa shape index (κ2) is 6.68. The standard InChI is InChI=1S/C17H27FN2/c1-12(2)9-17-11-20(13(3)10-19-17)14(4)15-5-7-16(18)8-6-15/h5-8,12-14,17,19H,9-11H2,1-4H3. The van der Waals surface area contributed by atoms with E-state index >= 15 is 0 Å². The van der Waals surface area contributed by atoms with Gasteiger partial charge in [0.2, 0.25) is 0 Å². The lowest BCUT2D eigenvalue weighted by molar-refractivity contribution is 0.0923. The summed E-state index contributed by atoms with van der Waals surface area (Å²) >= 11 is 0. The Labute approximate surface area is 122 Å². The molecule has 1 N–H and O–H groups in total. The van der Waals surface area contributed by atoms with Crippen molar-refractivity contribution in [3.63, 3.8) is 0 Å². The van der Waals surface area contributed by atoms with E-state index in [1.807, 2.05) is 12.1 Å². The molecule has 1 aromatic rings. The zero-order valence-corrected chi connectivity index (χ0v) is 13.1. The molecular formula is C17H27FN2. The van der Waals surface area contributed by atoms with Gasteiger partial charge in [-0.1, -0.05) is 26.0 Å². The quantitative estimate of drug-likeness (QED) is 0.905. The minimum absolute atomic E-state index is 0.160. The molecule has 1 fully saturated rings.